The van der Waals surface area contributed by atoms with Crippen LogP contribution in [0.4, 0.5) is 13.2 Å². The van der Waals surface area contributed by atoms with Gasteiger partial charge < -0.3 is 0 Å². The van der Waals surface area contributed by atoms with E-state index in [1.165, 1.54) is 24.3 Å². The van der Waals surface area contributed by atoms with Crippen LogP contribution in [0.15, 0.2) is 29.3 Å². The first-order valence-electron chi connectivity index (χ1n) is 3.85. The zero-order chi connectivity index (χ0) is 11.5. The Bertz CT molecular complexity index is 399. The molecule has 0 N–H and O–H groups in total. The molecule has 15 heavy (non-hydrogen) atoms. The highest BCUT2D eigenvalue weighted by atomic mass is 35.5. The summed E-state index contributed by atoms with van der Waals surface area (Å²) in [6.07, 6.45) is -3.75. The summed E-state index contributed by atoms with van der Waals surface area (Å²) in [6.45, 7) is 0. The van der Waals surface area contributed by atoms with Crippen LogP contribution in [0.1, 0.15) is 11.6 Å². The van der Waals surface area contributed by atoms with Crippen LogP contribution in [-0.2, 0) is 4.79 Å². The minimum absolute atomic E-state index is 0.0844. The normalized spacial score (nSPS) is 13.1. The van der Waals surface area contributed by atoms with Crippen LogP contribution in [-0.4, -0.2) is 12.3 Å². The summed E-state index contributed by atoms with van der Waals surface area (Å²) < 4.78 is 37.3. The van der Waals surface area contributed by atoms with Crippen molar-refractivity contribution in [2.75, 3.05) is 0 Å². The molecular weight excluding hydrogens is 231 g/mol. The maximum Gasteiger partial charge on any atom is 0.415 e. The van der Waals surface area contributed by atoms with Crippen LogP contribution >= 0.6 is 11.6 Å². The van der Waals surface area contributed by atoms with E-state index in [0.29, 0.717) is 0 Å². The van der Waals surface area contributed by atoms with Crippen molar-refractivity contribution in [1.82, 2.24) is 0 Å². The lowest BCUT2D eigenvalue weighted by atomic mass is 10.1. The molecule has 6 heteroatoms. The van der Waals surface area contributed by atoms with Crippen LogP contribution < -0.4 is 0 Å². The van der Waals surface area contributed by atoms with E-state index in [4.69, 9.17) is 11.6 Å². The zero-order valence-corrected chi connectivity index (χ0v) is 8.01. The van der Waals surface area contributed by atoms with Crippen LogP contribution in [0.2, 0.25) is 5.02 Å². The Morgan fingerprint density at radius 2 is 1.93 bits per heavy atom. The predicted octanol–water partition coefficient (Wildman–Crippen LogP) is 3.28. The molecule has 0 aliphatic rings. The van der Waals surface area contributed by atoms with Gasteiger partial charge in [-0.05, 0) is 6.07 Å². The minimum Gasteiger partial charge on any atom is -0.211 e. The number of hydrogen-bond acceptors (Lipinski definition) is 2. The lowest BCUT2D eigenvalue weighted by molar-refractivity contribution is -0.148. The van der Waals surface area contributed by atoms with Gasteiger partial charge in [-0.2, -0.15) is 18.2 Å². The average molecular weight is 236 g/mol. The van der Waals surface area contributed by atoms with Crippen molar-refractivity contribution in [2.24, 2.45) is 4.99 Å². The van der Waals surface area contributed by atoms with Crippen molar-refractivity contribution in [3.05, 3.63) is 34.9 Å². The summed E-state index contributed by atoms with van der Waals surface area (Å²) >= 11 is 5.57. The van der Waals surface area contributed by atoms with E-state index in [9.17, 15) is 18.0 Å². The Morgan fingerprint density at radius 1 is 1.33 bits per heavy atom. The van der Waals surface area contributed by atoms with Crippen molar-refractivity contribution in [2.45, 2.75) is 12.2 Å². The third-order valence-electron chi connectivity index (χ3n) is 1.69. The fourth-order valence-corrected chi connectivity index (χ4v) is 1.31. The first-order chi connectivity index (χ1) is 6.96. The van der Waals surface area contributed by atoms with E-state index >= 15 is 0 Å². The van der Waals surface area contributed by atoms with Gasteiger partial charge in [0.15, 0.2) is 6.04 Å². The first-order valence-corrected chi connectivity index (χ1v) is 4.22. The van der Waals surface area contributed by atoms with E-state index in [1.54, 1.807) is 0 Å². The maximum absolute atomic E-state index is 12.4. The molecule has 0 amide bonds. The zero-order valence-electron chi connectivity index (χ0n) is 7.25. The smallest absolute Gasteiger partial charge is 0.211 e. The van der Waals surface area contributed by atoms with Crippen LogP contribution in [0.3, 0.4) is 0 Å². The highest BCUT2D eigenvalue weighted by Crippen LogP contribution is 2.38. The molecule has 1 rings (SSSR count). The second-order valence-electron chi connectivity index (χ2n) is 2.69. The second kappa shape index (κ2) is 4.47. The number of benzene rings is 1. The minimum atomic E-state index is -4.65. The van der Waals surface area contributed by atoms with Crippen molar-refractivity contribution in [1.29, 1.82) is 0 Å². The van der Waals surface area contributed by atoms with Gasteiger partial charge in [0.2, 0.25) is 6.08 Å². The van der Waals surface area contributed by atoms with Gasteiger partial charge in [0, 0.05) is 10.6 Å². The number of nitrogens with zero attached hydrogens (tertiary/aromatic N) is 1. The van der Waals surface area contributed by atoms with E-state index in [-0.39, 0.29) is 10.6 Å². The molecule has 1 atom stereocenters. The fourth-order valence-electron chi connectivity index (χ4n) is 1.07. The number of aliphatic imine (C=N–C) groups is 1. The van der Waals surface area contributed by atoms with Crippen molar-refractivity contribution in [3.8, 4) is 0 Å². The van der Waals surface area contributed by atoms with Crippen molar-refractivity contribution in [3.63, 3.8) is 0 Å². The summed E-state index contributed by atoms with van der Waals surface area (Å²) in [4.78, 5) is 12.6. The molecule has 0 aliphatic heterocycles. The van der Waals surface area contributed by atoms with Gasteiger partial charge in [0.05, 0.1) is 0 Å². The monoisotopic (exact) mass is 235 g/mol. The number of rotatable bonds is 2. The molecule has 0 bridgehead atoms. The largest absolute Gasteiger partial charge is 0.415 e. The van der Waals surface area contributed by atoms with Crippen molar-refractivity contribution >= 4 is 17.7 Å². The number of isocyanates is 1. The summed E-state index contributed by atoms with van der Waals surface area (Å²) in [5.74, 6) is 0. The molecule has 0 saturated carbocycles. The van der Waals surface area contributed by atoms with Gasteiger partial charge in [0.1, 0.15) is 0 Å². The molecule has 0 aliphatic carbocycles. The Balaban J connectivity index is 3.22. The van der Waals surface area contributed by atoms with Crippen LogP contribution in [0.25, 0.3) is 0 Å². The molecule has 0 radical (unpaired) electrons. The Morgan fingerprint density at radius 3 is 2.40 bits per heavy atom. The van der Waals surface area contributed by atoms with Gasteiger partial charge >= 0.3 is 6.18 Å². The summed E-state index contributed by atoms with van der Waals surface area (Å²) in [7, 11) is 0. The van der Waals surface area contributed by atoms with Gasteiger partial charge in [-0.1, -0.05) is 29.8 Å². The first kappa shape index (κ1) is 11.8. The van der Waals surface area contributed by atoms with Gasteiger partial charge in [-0.15, -0.1) is 0 Å². The lowest BCUT2D eigenvalue weighted by Gasteiger charge is -2.15. The second-order valence-corrected chi connectivity index (χ2v) is 3.09. The van der Waals surface area contributed by atoms with E-state index in [0.717, 1.165) is 6.08 Å². The van der Waals surface area contributed by atoms with Crippen LogP contribution in [0.5, 0.6) is 0 Å². The lowest BCUT2D eigenvalue weighted by Crippen LogP contribution is -2.19. The molecule has 1 aromatic rings. The Kier molecular flexibility index (Phi) is 3.50. The number of hydrogen-bond donors (Lipinski definition) is 0. The Hall–Kier alpha value is -1.32. The van der Waals surface area contributed by atoms with E-state index in [2.05, 4.69) is 4.99 Å². The summed E-state index contributed by atoms with van der Waals surface area (Å²) in [6, 6.07) is 3.10. The van der Waals surface area contributed by atoms with Gasteiger partial charge in [-0.25, -0.2) is 4.79 Å². The van der Waals surface area contributed by atoms with E-state index < -0.39 is 12.2 Å². The molecule has 1 aromatic carbocycles. The average Bonchev–Trinajstić information content (AvgIpc) is 2.14. The highest BCUT2D eigenvalue weighted by molar-refractivity contribution is 6.31. The molecule has 80 valence electrons. The number of alkyl halides is 3. The molecule has 0 saturated heterocycles. The molecule has 1 unspecified atom stereocenters. The highest BCUT2D eigenvalue weighted by Gasteiger charge is 2.42. The molecule has 0 aromatic heterocycles. The standard InChI is InChI=1S/C9H5ClF3NO/c10-7-4-2-1-3-6(7)8(14-5-15)9(11,12)13/h1-4,8H. The Labute approximate surface area is 88.4 Å². The molecular formula is C9H5ClF3NO. The molecule has 2 nitrogen and oxygen atoms in total. The topological polar surface area (TPSA) is 29.4 Å². The third kappa shape index (κ3) is 2.81. The number of halogens is 4. The molecule has 0 fully saturated rings. The summed E-state index contributed by atoms with van der Waals surface area (Å²) in [5.41, 5.74) is -0.255. The number of carbonyl (C=O) groups excluding carboxylic acids is 1. The van der Waals surface area contributed by atoms with Gasteiger partial charge in [-0.3, -0.25) is 0 Å². The maximum atomic E-state index is 12.4. The fraction of sp³-hybridized carbons (Fsp3) is 0.222. The van der Waals surface area contributed by atoms with Crippen LogP contribution in [0, 0.1) is 0 Å². The van der Waals surface area contributed by atoms with Gasteiger partial charge in [0.25, 0.3) is 0 Å². The van der Waals surface area contributed by atoms with E-state index in [1.807, 2.05) is 0 Å². The third-order valence-corrected chi connectivity index (χ3v) is 2.04. The summed E-state index contributed by atoms with van der Waals surface area (Å²) in [5, 5.41) is -0.0844. The van der Waals surface area contributed by atoms with Crippen molar-refractivity contribution < 1.29 is 18.0 Å². The SMILES string of the molecule is O=C=NC(c1ccccc1Cl)C(F)(F)F. The molecule has 0 heterocycles. The molecule has 0 spiro atoms. The predicted molar refractivity (Wildman–Crippen MR) is 48.4 cm³/mol. The quantitative estimate of drug-likeness (QED) is 0.571.